The van der Waals surface area contributed by atoms with Gasteiger partial charge in [-0.3, -0.25) is 4.79 Å². The molecule has 0 radical (unpaired) electrons. The van der Waals surface area contributed by atoms with Gasteiger partial charge in [0.2, 0.25) is 11.6 Å². The average Bonchev–Trinajstić information content (AvgIpc) is 3.21. The van der Waals surface area contributed by atoms with Gasteiger partial charge >= 0.3 is 0 Å². The Labute approximate surface area is 167 Å². The monoisotopic (exact) mass is 408 g/mol. The lowest BCUT2D eigenvalue weighted by Gasteiger charge is -2.15. The minimum absolute atomic E-state index is 0.0797. The summed E-state index contributed by atoms with van der Waals surface area (Å²) >= 11 is 6.22. The molecule has 1 saturated heterocycles. The first-order valence-electron chi connectivity index (χ1n) is 8.57. The van der Waals surface area contributed by atoms with Gasteiger partial charge in [-0.1, -0.05) is 11.6 Å². The zero-order valence-corrected chi connectivity index (χ0v) is 16.5. The van der Waals surface area contributed by atoms with Gasteiger partial charge in [-0.05, 0) is 6.07 Å². The minimum atomic E-state index is -0.389. The molecule has 0 spiro atoms. The third-order valence-electron chi connectivity index (χ3n) is 4.16. The molecule has 28 heavy (non-hydrogen) atoms. The summed E-state index contributed by atoms with van der Waals surface area (Å²) in [5.41, 5.74) is 0.757. The predicted molar refractivity (Wildman–Crippen MR) is 103 cm³/mol. The van der Waals surface area contributed by atoms with E-state index in [0.29, 0.717) is 36.1 Å². The molecule has 0 bridgehead atoms. The first-order chi connectivity index (χ1) is 13.5. The molecule has 8 nitrogen and oxygen atoms in total. The van der Waals surface area contributed by atoms with Crippen LogP contribution in [0.25, 0.3) is 0 Å². The fraction of sp³-hybridized carbons (Fsp3) is 0.368. The maximum atomic E-state index is 12.6. The Balaban J connectivity index is 1.76. The van der Waals surface area contributed by atoms with Crippen LogP contribution < -0.4 is 24.3 Å². The lowest BCUT2D eigenvalue weighted by Crippen LogP contribution is -2.17. The molecular weight excluding hydrogens is 388 g/mol. The molecule has 9 heteroatoms. The number of rotatable bonds is 7. The van der Waals surface area contributed by atoms with E-state index in [1.807, 2.05) is 0 Å². The third-order valence-corrected chi connectivity index (χ3v) is 4.43. The highest BCUT2D eigenvalue weighted by Gasteiger charge is 2.20. The number of hydrogen-bond acceptors (Lipinski definition) is 7. The number of pyridine rings is 1. The quantitative estimate of drug-likeness (QED) is 0.752. The standard InChI is InChI=1S/C19H21ClN2O6/c1-24-15-7-12(8-16(25-2)17(15)26-3)22-18(23)11-6-14(20)19(21-9-11)28-13-4-5-27-10-13/h6-9,13H,4-5,10H2,1-3H3,(H,22,23). The molecule has 150 valence electrons. The Bertz CT molecular complexity index is 829. The van der Waals surface area contributed by atoms with Gasteiger partial charge in [-0.25, -0.2) is 4.98 Å². The lowest BCUT2D eigenvalue weighted by atomic mass is 10.2. The molecule has 1 atom stereocenters. The van der Waals surface area contributed by atoms with Gasteiger partial charge in [0.25, 0.3) is 5.91 Å². The second kappa shape index (κ2) is 8.99. The van der Waals surface area contributed by atoms with E-state index in [4.69, 9.17) is 35.3 Å². The van der Waals surface area contributed by atoms with E-state index < -0.39 is 0 Å². The van der Waals surface area contributed by atoms with Crippen molar-refractivity contribution in [3.8, 4) is 23.1 Å². The Morgan fingerprint density at radius 1 is 1.18 bits per heavy atom. The molecule has 0 saturated carbocycles. The maximum absolute atomic E-state index is 12.6. The Morgan fingerprint density at radius 2 is 1.89 bits per heavy atom. The van der Waals surface area contributed by atoms with E-state index in [9.17, 15) is 4.79 Å². The number of halogens is 1. The molecule has 2 aromatic rings. The largest absolute Gasteiger partial charge is 0.493 e. The minimum Gasteiger partial charge on any atom is -0.493 e. The lowest BCUT2D eigenvalue weighted by molar-refractivity contribution is 0.102. The summed E-state index contributed by atoms with van der Waals surface area (Å²) < 4.78 is 26.8. The molecule has 1 unspecified atom stereocenters. The number of nitrogens with one attached hydrogen (secondary N) is 1. The van der Waals surface area contributed by atoms with Crippen molar-refractivity contribution in [1.82, 2.24) is 4.98 Å². The second-order valence-electron chi connectivity index (χ2n) is 5.98. The van der Waals surface area contributed by atoms with E-state index in [1.54, 1.807) is 12.1 Å². The van der Waals surface area contributed by atoms with Crippen LogP contribution in [-0.4, -0.2) is 51.5 Å². The van der Waals surface area contributed by atoms with Crippen molar-refractivity contribution in [1.29, 1.82) is 0 Å². The number of benzene rings is 1. The topological polar surface area (TPSA) is 88.1 Å². The highest BCUT2D eigenvalue weighted by molar-refractivity contribution is 6.32. The van der Waals surface area contributed by atoms with Crippen molar-refractivity contribution in [3.05, 3.63) is 35.0 Å². The molecule has 1 fully saturated rings. The van der Waals surface area contributed by atoms with Crippen molar-refractivity contribution >= 4 is 23.2 Å². The third kappa shape index (κ3) is 4.40. The summed E-state index contributed by atoms with van der Waals surface area (Å²) in [4.78, 5) is 16.8. The number of amides is 1. The fourth-order valence-electron chi connectivity index (χ4n) is 2.76. The van der Waals surface area contributed by atoms with Gasteiger partial charge in [0, 0.05) is 30.4 Å². The molecule has 1 aromatic heterocycles. The average molecular weight is 409 g/mol. The number of nitrogens with zero attached hydrogens (tertiary/aromatic N) is 1. The Morgan fingerprint density at radius 3 is 2.43 bits per heavy atom. The number of carbonyl (C=O) groups is 1. The summed E-state index contributed by atoms with van der Waals surface area (Å²) in [5.74, 6) is 1.18. The van der Waals surface area contributed by atoms with Crippen LogP contribution in [0, 0.1) is 0 Å². The SMILES string of the molecule is COc1cc(NC(=O)c2cnc(OC3CCOC3)c(Cl)c2)cc(OC)c1OC. The molecule has 0 aliphatic carbocycles. The number of ether oxygens (including phenoxy) is 5. The van der Waals surface area contributed by atoms with Crippen molar-refractivity contribution in [2.24, 2.45) is 0 Å². The first kappa shape index (κ1) is 20.0. The van der Waals surface area contributed by atoms with Crippen LogP contribution in [0.15, 0.2) is 24.4 Å². The molecule has 1 amide bonds. The van der Waals surface area contributed by atoms with Crippen LogP contribution in [0.4, 0.5) is 5.69 Å². The van der Waals surface area contributed by atoms with E-state index in [1.165, 1.54) is 33.6 Å². The van der Waals surface area contributed by atoms with Gasteiger partial charge in [0.1, 0.15) is 11.1 Å². The van der Waals surface area contributed by atoms with Crippen LogP contribution >= 0.6 is 11.6 Å². The predicted octanol–water partition coefficient (Wildman–Crippen LogP) is 3.18. The van der Waals surface area contributed by atoms with Crippen LogP contribution in [0.1, 0.15) is 16.8 Å². The second-order valence-corrected chi connectivity index (χ2v) is 6.39. The van der Waals surface area contributed by atoms with Crippen molar-refractivity contribution in [2.45, 2.75) is 12.5 Å². The van der Waals surface area contributed by atoms with Gasteiger partial charge in [0.15, 0.2) is 11.5 Å². The summed E-state index contributed by atoms with van der Waals surface area (Å²) in [6, 6.07) is 4.77. The number of aromatic nitrogens is 1. The fourth-order valence-corrected chi connectivity index (χ4v) is 2.97. The number of methoxy groups -OCH3 is 3. The highest BCUT2D eigenvalue weighted by Crippen LogP contribution is 2.40. The molecule has 1 aromatic carbocycles. The van der Waals surface area contributed by atoms with Crippen LogP contribution in [-0.2, 0) is 4.74 Å². The maximum Gasteiger partial charge on any atom is 0.257 e. The zero-order chi connectivity index (χ0) is 20.1. The Kier molecular flexibility index (Phi) is 6.43. The van der Waals surface area contributed by atoms with E-state index in [-0.39, 0.29) is 28.5 Å². The molecule has 1 aliphatic rings. The summed E-state index contributed by atoms with van der Waals surface area (Å²) in [6.45, 7) is 1.15. The van der Waals surface area contributed by atoms with Crippen molar-refractivity contribution in [2.75, 3.05) is 39.9 Å². The normalized spacial score (nSPS) is 15.8. The number of anilines is 1. The molecule has 3 rings (SSSR count). The number of carbonyl (C=O) groups excluding carboxylic acids is 1. The van der Waals surface area contributed by atoms with E-state index >= 15 is 0 Å². The van der Waals surface area contributed by atoms with Gasteiger partial charge < -0.3 is 29.0 Å². The van der Waals surface area contributed by atoms with Gasteiger partial charge in [0.05, 0.1) is 40.1 Å². The van der Waals surface area contributed by atoms with Crippen LogP contribution in [0.2, 0.25) is 5.02 Å². The highest BCUT2D eigenvalue weighted by atomic mass is 35.5. The van der Waals surface area contributed by atoms with E-state index in [0.717, 1.165) is 6.42 Å². The molecule has 1 N–H and O–H groups in total. The summed E-state index contributed by atoms with van der Waals surface area (Å²) in [6.07, 6.45) is 2.11. The number of hydrogen-bond donors (Lipinski definition) is 1. The molecule has 2 heterocycles. The van der Waals surface area contributed by atoms with Crippen LogP contribution in [0.5, 0.6) is 23.1 Å². The molecular formula is C19H21ClN2O6. The van der Waals surface area contributed by atoms with Gasteiger partial charge in [-0.15, -0.1) is 0 Å². The summed E-state index contributed by atoms with van der Waals surface area (Å²) in [7, 11) is 4.51. The summed E-state index contributed by atoms with van der Waals surface area (Å²) in [5, 5.41) is 3.02. The molecule has 1 aliphatic heterocycles. The van der Waals surface area contributed by atoms with Gasteiger partial charge in [-0.2, -0.15) is 0 Å². The van der Waals surface area contributed by atoms with E-state index in [2.05, 4.69) is 10.3 Å². The van der Waals surface area contributed by atoms with Crippen LogP contribution in [0.3, 0.4) is 0 Å². The van der Waals surface area contributed by atoms with Crippen molar-refractivity contribution in [3.63, 3.8) is 0 Å². The zero-order valence-electron chi connectivity index (χ0n) is 15.8. The first-order valence-corrected chi connectivity index (χ1v) is 8.94. The van der Waals surface area contributed by atoms with Crippen molar-refractivity contribution < 1.29 is 28.5 Å². The smallest absolute Gasteiger partial charge is 0.257 e. The Hall–Kier alpha value is -2.71.